The molecule has 1 N–H and O–H groups in total. The van der Waals surface area contributed by atoms with E-state index < -0.39 is 5.97 Å². The first-order valence-electron chi connectivity index (χ1n) is 7.05. The van der Waals surface area contributed by atoms with Crippen molar-refractivity contribution < 1.29 is 9.90 Å². The zero-order chi connectivity index (χ0) is 16.4. The molecule has 3 aromatic rings. The summed E-state index contributed by atoms with van der Waals surface area (Å²) in [4.78, 5) is 11.1. The number of rotatable bonds is 4. The summed E-state index contributed by atoms with van der Waals surface area (Å²) in [6.45, 7) is 0.601. The average Bonchev–Trinajstić information content (AvgIpc) is 2.84. The number of carbonyl (C=O) groups is 1. The van der Waals surface area contributed by atoms with E-state index in [1.807, 2.05) is 29.0 Å². The van der Waals surface area contributed by atoms with Crippen LogP contribution in [0.1, 0.15) is 16.7 Å². The zero-order valence-electron chi connectivity index (χ0n) is 12.2. The molecule has 0 bridgehead atoms. The molecule has 0 aliphatic heterocycles. The minimum absolute atomic E-state index is 0.0444. The highest BCUT2D eigenvalue weighted by Crippen LogP contribution is 2.26. The largest absolute Gasteiger partial charge is 0.481 e. The molecule has 0 aliphatic carbocycles. The Hall–Kier alpha value is -2.77. The maximum Gasteiger partial charge on any atom is 0.307 e. The van der Waals surface area contributed by atoms with Crippen molar-refractivity contribution in [1.29, 1.82) is 5.26 Å². The molecule has 23 heavy (non-hydrogen) atoms. The fourth-order valence-electron chi connectivity index (χ4n) is 2.66. The van der Waals surface area contributed by atoms with Gasteiger partial charge >= 0.3 is 5.97 Å². The standard InChI is InChI=1S/C18H13ClN2O2/c19-15-5-6-17-16(8-15)14(7-18(22)23)11-21(17)10-13-3-1-12(9-20)2-4-13/h1-6,8,11H,7,10H2,(H,22,23). The summed E-state index contributed by atoms with van der Waals surface area (Å²) in [5.74, 6) is -0.873. The Balaban J connectivity index is 2.02. The van der Waals surface area contributed by atoms with E-state index in [4.69, 9.17) is 22.0 Å². The maximum absolute atomic E-state index is 11.1. The van der Waals surface area contributed by atoms with Crippen molar-refractivity contribution in [1.82, 2.24) is 4.57 Å². The van der Waals surface area contributed by atoms with Crippen LogP contribution in [-0.2, 0) is 17.8 Å². The highest BCUT2D eigenvalue weighted by molar-refractivity contribution is 6.31. The lowest BCUT2D eigenvalue weighted by Gasteiger charge is -2.06. The zero-order valence-corrected chi connectivity index (χ0v) is 12.9. The van der Waals surface area contributed by atoms with E-state index in [0.717, 1.165) is 22.0 Å². The summed E-state index contributed by atoms with van der Waals surface area (Å²) in [7, 11) is 0. The molecule has 0 saturated carbocycles. The van der Waals surface area contributed by atoms with Gasteiger partial charge in [0.25, 0.3) is 0 Å². The molecule has 4 nitrogen and oxygen atoms in total. The van der Waals surface area contributed by atoms with Gasteiger partial charge in [-0.3, -0.25) is 4.79 Å². The average molecular weight is 325 g/mol. The lowest BCUT2D eigenvalue weighted by Crippen LogP contribution is -2.00. The van der Waals surface area contributed by atoms with Crippen LogP contribution in [0, 0.1) is 11.3 Å². The summed E-state index contributed by atoms with van der Waals surface area (Å²) in [6.07, 6.45) is 1.81. The van der Waals surface area contributed by atoms with Gasteiger partial charge in [0.1, 0.15) is 0 Å². The number of hydrogen-bond acceptors (Lipinski definition) is 2. The fraction of sp³-hybridized carbons (Fsp3) is 0.111. The van der Waals surface area contributed by atoms with Gasteiger partial charge in [0.2, 0.25) is 0 Å². The minimum Gasteiger partial charge on any atom is -0.481 e. The summed E-state index contributed by atoms with van der Waals surface area (Å²) in [5, 5.41) is 19.4. The van der Waals surface area contributed by atoms with Crippen molar-refractivity contribution in [3.8, 4) is 6.07 Å². The lowest BCUT2D eigenvalue weighted by molar-refractivity contribution is -0.136. The first kappa shape index (κ1) is 15.1. The van der Waals surface area contributed by atoms with Gasteiger partial charge in [0.15, 0.2) is 0 Å². The molecule has 1 aromatic heterocycles. The first-order valence-corrected chi connectivity index (χ1v) is 7.43. The Morgan fingerprint density at radius 1 is 1.22 bits per heavy atom. The van der Waals surface area contributed by atoms with Crippen molar-refractivity contribution >= 4 is 28.5 Å². The van der Waals surface area contributed by atoms with Gasteiger partial charge in [0, 0.05) is 28.7 Å². The number of nitriles is 1. The molecule has 0 aliphatic rings. The molecule has 2 aromatic carbocycles. The van der Waals surface area contributed by atoms with Crippen LogP contribution in [0.4, 0.5) is 0 Å². The summed E-state index contributed by atoms with van der Waals surface area (Å²) in [6, 6.07) is 14.9. The number of benzene rings is 2. The number of hydrogen-bond donors (Lipinski definition) is 1. The predicted molar refractivity (Wildman–Crippen MR) is 88.5 cm³/mol. The van der Waals surface area contributed by atoms with Gasteiger partial charge < -0.3 is 9.67 Å². The molecule has 0 fully saturated rings. The van der Waals surface area contributed by atoms with Gasteiger partial charge in [-0.25, -0.2) is 0 Å². The van der Waals surface area contributed by atoms with E-state index in [-0.39, 0.29) is 6.42 Å². The highest BCUT2D eigenvalue weighted by Gasteiger charge is 2.12. The molecule has 5 heteroatoms. The van der Waals surface area contributed by atoms with Crippen LogP contribution >= 0.6 is 11.6 Å². The monoisotopic (exact) mass is 324 g/mol. The van der Waals surface area contributed by atoms with Crippen molar-refractivity contribution in [2.24, 2.45) is 0 Å². The predicted octanol–water partition coefficient (Wildman–Crippen LogP) is 3.84. The number of aromatic nitrogens is 1. The van der Waals surface area contributed by atoms with Crippen LogP contribution in [-0.4, -0.2) is 15.6 Å². The second-order valence-electron chi connectivity index (χ2n) is 5.32. The van der Waals surface area contributed by atoms with Crippen LogP contribution in [0.5, 0.6) is 0 Å². The van der Waals surface area contributed by atoms with Crippen LogP contribution in [0.2, 0.25) is 5.02 Å². The van der Waals surface area contributed by atoms with Gasteiger partial charge in [-0.2, -0.15) is 5.26 Å². The molecule has 3 rings (SSSR count). The first-order chi connectivity index (χ1) is 11.1. The van der Waals surface area contributed by atoms with Gasteiger partial charge in [-0.1, -0.05) is 23.7 Å². The number of fused-ring (bicyclic) bond motifs is 1. The second kappa shape index (κ2) is 6.15. The number of halogens is 1. The van der Waals surface area contributed by atoms with E-state index in [2.05, 4.69) is 6.07 Å². The van der Waals surface area contributed by atoms with Crippen LogP contribution in [0.3, 0.4) is 0 Å². The molecule has 0 saturated heterocycles. The molecule has 0 radical (unpaired) electrons. The lowest BCUT2D eigenvalue weighted by atomic mass is 10.1. The van der Waals surface area contributed by atoms with E-state index in [0.29, 0.717) is 17.1 Å². The van der Waals surface area contributed by atoms with Crippen LogP contribution < -0.4 is 0 Å². The molecule has 1 heterocycles. The molecule has 0 atom stereocenters. The van der Waals surface area contributed by atoms with Gasteiger partial charge in [-0.05, 0) is 41.5 Å². The Labute approximate surface area is 138 Å². The summed E-state index contributed by atoms with van der Waals surface area (Å²) >= 11 is 6.04. The molecule has 0 amide bonds. The molecular weight excluding hydrogens is 312 g/mol. The topological polar surface area (TPSA) is 66.0 Å². The number of carboxylic acid groups (broad SMARTS) is 1. The fourth-order valence-corrected chi connectivity index (χ4v) is 2.83. The van der Waals surface area contributed by atoms with Gasteiger partial charge in [-0.15, -0.1) is 0 Å². The molecular formula is C18H13ClN2O2. The highest BCUT2D eigenvalue weighted by atomic mass is 35.5. The number of aliphatic carboxylic acids is 1. The maximum atomic E-state index is 11.1. The van der Waals surface area contributed by atoms with Crippen molar-refractivity contribution in [3.63, 3.8) is 0 Å². The Kier molecular flexibility index (Phi) is 4.05. The molecule has 0 unspecified atom stereocenters. The van der Waals surface area contributed by atoms with E-state index >= 15 is 0 Å². The molecule has 114 valence electrons. The van der Waals surface area contributed by atoms with E-state index in [1.54, 1.807) is 24.3 Å². The van der Waals surface area contributed by atoms with Crippen molar-refractivity contribution in [2.45, 2.75) is 13.0 Å². The number of nitrogens with zero attached hydrogens (tertiary/aromatic N) is 2. The summed E-state index contributed by atoms with van der Waals surface area (Å²) < 4.78 is 2.01. The Bertz CT molecular complexity index is 921. The molecule has 0 spiro atoms. The van der Waals surface area contributed by atoms with Crippen LogP contribution in [0.15, 0.2) is 48.7 Å². The quantitative estimate of drug-likeness (QED) is 0.793. The van der Waals surface area contributed by atoms with Crippen molar-refractivity contribution in [3.05, 3.63) is 70.4 Å². The van der Waals surface area contributed by atoms with E-state index in [1.165, 1.54) is 0 Å². The van der Waals surface area contributed by atoms with Gasteiger partial charge in [0.05, 0.1) is 18.1 Å². The van der Waals surface area contributed by atoms with Crippen molar-refractivity contribution in [2.75, 3.05) is 0 Å². The van der Waals surface area contributed by atoms with Crippen LogP contribution in [0.25, 0.3) is 10.9 Å². The van der Waals surface area contributed by atoms with E-state index in [9.17, 15) is 4.79 Å². The third kappa shape index (κ3) is 3.20. The second-order valence-corrected chi connectivity index (χ2v) is 5.76. The SMILES string of the molecule is N#Cc1ccc(Cn2cc(CC(=O)O)c3cc(Cl)ccc32)cc1. The minimum atomic E-state index is -0.873. The summed E-state index contributed by atoms with van der Waals surface area (Å²) in [5.41, 5.74) is 3.33. The normalized spacial score (nSPS) is 10.6. The Morgan fingerprint density at radius 2 is 1.96 bits per heavy atom. The number of carboxylic acids is 1. The Morgan fingerprint density at radius 3 is 2.61 bits per heavy atom. The third-order valence-electron chi connectivity index (χ3n) is 3.70. The third-order valence-corrected chi connectivity index (χ3v) is 3.94. The smallest absolute Gasteiger partial charge is 0.307 e.